The molecule has 0 radical (unpaired) electrons. The summed E-state index contributed by atoms with van der Waals surface area (Å²) in [7, 11) is 0. The number of hydrogen-bond donors (Lipinski definition) is 0. The zero-order valence-electron chi connectivity index (χ0n) is 41.9. The Kier molecular flexibility index (Phi) is 10.6. The Hall–Kier alpha value is -10.1. The van der Waals surface area contributed by atoms with Crippen molar-refractivity contribution >= 4 is 89.5 Å². The Bertz CT molecular complexity index is 4100. The Morgan fingerprint density at radius 2 is 0.636 bits per heavy atom. The van der Waals surface area contributed by atoms with Crippen molar-refractivity contribution in [3.63, 3.8) is 0 Å². The predicted octanol–water partition coefficient (Wildman–Crippen LogP) is 17.8. The van der Waals surface area contributed by atoms with E-state index in [0.717, 1.165) is 95.4 Å². The van der Waals surface area contributed by atoms with Gasteiger partial charge in [0.25, 0.3) is 6.71 Å². The highest BCUT2D eigenvalue weighted by Gasteiger charge is 2.41. The summed E-state index contributed by atoms with van der Waals surface area (Å²) in [6.45, 7) is -0.166. The van der Waals surface area contributed by atoms with Crippen LogP contribution in [0.25, 0.3) is 65.7 Å². The average Bonchev–Trinajstić information content (AvgIpc) is 3.50. The van der Waals surface area contributed by atoms with E-state index in [0.29, 0.717) is 0 Å². The molecule has 0 atom stereocenters. The van der Waals surface area contributed by atoms with E-state index in [1.165, 1.54) is 43.8 Å². The molecule has 2 aliphatic heterocycles. The van der Waals surface area contributed by atoms with E-state index < -0.39 is 0 Å². The maximum Gasteiger partial charge on any atom is 0.260 e. The Balaban J connectivity index is 0.920. The summed E-state index contributed by atoms with van der Waals surface area (Å²) in [6.07, 6.45) is 0. The van der Waals surface area contributed by atoms with Gasteiger partial charge < -0.3 is 19.3 Å². The minimum Gasteiger partial charge on any atom is -0.458 e. The van der Waals surface area contributed by atoms with Gasteiger partial charge in [-0.1, -0.05) is 200 Å². The molecular weight excluding hydrogens is 936 g/mol. The summed E-state index contributed by atoms with van der Waals surface area (Å²) in [4.78, 5) is 4.59. The summed E-state index contributed by atoms with van der Waals surface area (Å²) in [5, 5.41) is 7.16. The summed E-state index contributed by atoms with van der Waals surface area (Å²) < 4.78 is 14.6. The third-order valence-corrected chi connectivity index (χ3v) is 15.5. The van der Waals surface area contributed by atoms with Crippen molar-refractivity contribution in [2.45, 2.75) is 0 Å². The van der Waals surface area contributed by atoms with Gasteiger partial charge in [0.2, 0.25) is 0 Å². The molecule has 0 amide bonds. The fourth-order valence-corrected chi connectivity index (χ4v) is 12.1. The van der Waals surface area contributed by atoms with Gasteiger partial charge in [0.15, 0.2) is 0 Å². The zero-order chi connectivity index (χ0) is 50.8. The van der Waals surface area contributed by atoms with Gasteiger partial charge in [-0.15, -0.1) is 0 Å². The van der Waals surface area contributed by atoms with E-state index in [4.69, 9.17) is 9.47 Å². The van der Waals surface area contributed by atoms with Crippen LogP contribution in [0.3, 0.4) is 0 Å². The molecule has 5 heteroatoms. The lowest BCUT2D eigenvalue weighted by atomic mass is 9.35. The van der Waals surface area contributed by atoms with Crippen LogP contribution in [-0.2, 0) is 0 Å². The van der Waals surface area contributed by atoms with E-state index in [1.54, 1.807) is 0 Å². The fourth-order valence-electron chi connectivity index (χ4n) is 12.1. The lowest BCUT2D eigenvalue weighted by Crippen LogP contribution is -2.57. The maximum atomic E-state index is 7.32. The smallest absolute Gasteiger partial charge is 0.260 e. The molecule has 0 aliphatic carbocycles. The van der Waals surface area contributed by atoms with Gasteiger partial charge >= 0.3 is 0 Å². The molecule has 2 heterocycles. The summed E-state index contributed by atoms with van der Waals surface area (Å²) in [5.41, 5.74) is 16.4. The molecule has 13 aromatic carbocycles. The van der Waals surface area contributed by atoms with E-state index in [2.05, 4.69) is 295 Å². The molecule has 2 aliphatic rings. The van der Waals surface area contributed by atoms with Crippen LogP contribution in [-0.4, -0.2) is 6.71 Å². The summed E-state index contributed by atoms with van der Waals surface area (Å²) in [5.74, 6) is 3.18. The van der Waals surface area contributed by atoms with Crippen LogP contribution in [0.2, 0.25) is 0 Å². The predicted molar refractivity (Wildman–Crippen MR) is 322 cm³/mol. The van der Waals surface area contributed by atoms with Crippen molar-refractivity contribution < 1.29 is 9.47 Å². The van der Waals surface area contributed by atoms with Gasteiger partial charge in [0, 0.05) is 51.7 Å². The molecule has 0 aromatic heterocycles. The second kappa shape index (κ2) is 18.4. The Morgan fingerprint density at radius 3 is 1.09 bits per heavy atom. The fraction of sp³-hybridized carbons (Fsp3) is 0. The topological polar surface area (TPSA) is 24.9 Å². The third kappa shape index (κ3) is 7.54. The first-order valence-corrected chi connectivity index (χ1v) is 26.3. The number of fused-ring (bicyclic) bond motifs is 7. The van der Waals surface area contributed by atoms with Crippen molar-refractivity contribution in [2.75, 3.05) is 9.80 Å². The van der Waals surface area contributed by atoms with Gasteiger partial charge in [-0.3, -0.25) is 0 Å². The minimum atomic E-state index is -0.166. The molecule has 0 saturated heterocycles. The maximum absolute atomic E-state index is 7.32. The monoisotopic (exact) mass is 982 g/mol. The zero-order valence-corrected chi connectivity index (χ0v) is 41.9. The normalized spacial score (nSPS) is 12.1. The standard InChI is InChI=1S/C72H47BN2O2/c1-5-22-52(23-6-1)74(53-24-7-2-8-25-53)56-40-42-64-66(46-56)76-68-44-51(45-69-72(68)73(64)65-43-41-57(47-67(65)77-69)75(54-26-9-3-10-27-54)55-28-11-4-12-29-55)71-62-33-17-15-31-60(62)70(61-32-16-18-34-63(61)71)50-38-36-49(37-39-50)59-35-19-21-48-20-13-14-30-58(48)59/h1-47H. The Labute approximate surface area is 448 Å². The average molecular weight is 983 g/mol. The van der Waals surface area contributed by atoms with Gasteiger partial charge in [-0.25, -0.2) is 0 Å². The van der Waals surface area contributed by atoms with Crippen molar-refractivity contribution in [1.82, 2.24) is 0 Å². The van der Waals surface area contributed by atoms with E-state index >= 15 is 0 Å². The number of anilines is 6. The summed E-state index contributed by atoms with van der Waals surface area (Å²) in [6, 6.07) is 102. The lowest BCUT2D eigenvalue weighted by molar-refractivity contribution is 0.465. The second-order valence-corrected chi connectivity index (χ2v) is 19.9. The quantitative estimate of drug-likeness (QED) is 0.106. The van der Waals surface area contributed by atoms with E-state index in [1.807, 2.05) is 0 Å². The third-order valence-electron chi connectivity index (χ3n) is 15.5. The molecule has 0 saturated carbocycles. The number of para-hydroxylation sites is 4. The number of benzene rings is 13. The van der Waals surface area contributed by atoms with Crippen molar-refractivity contribution in [2.24, 2.45) is 0 Å². The van der Waals surface area contributed by atoms with Gasteiger partial charge in [-0.05, 0) is 149 Å². The molecular formula is C72H47BN2O2. The SMILES string of the molecule is c1ccc(N(c2ccccc2)c2ccc3c(c2)Oc2cc(-c4c5ccccc5c(-c5ccc(-c6cccc7ccccc67)cc5)c5ccccc45)cc4c2B3c2ccc(N(c3ccccc3)c3ccccc3)cc2O4)cc1. The molecule has 360 valence electrons. The lowest BCUT2D eigenvalue weighted by Gasteiger charge is -2.35. The molecule has 77 heavy (non-hydrogen) atoms. The second-order valence-electron chi connectivity index (χ2n) is 19.9. The highest BCUT2D eigenvalue weighted by atomic mass is 16.5. The van der Waals surface area contributed by atoms with Crippen LogP contribution in [0.4, 0.5) is 34.1 Å². The number of hydrogen-bond acceptors (Lipinski definition) is 4. The van der Waals surface area contributed by atoms with Crippen molar-refractivity contribution in [3.8, 4) is 56.4 Å². The first-order valence-electron chi connectivity index (χ1n) is 26.3. The van der Waals surface area contributed by atoms with Crippen LogP contribution >= 0.6 is 0 Å². The number of ether oxygens (including phenoxy) is 2. The van der Waals surface area contributed by atoms with Crippen LogP contribution in [0.15, 0.2) is 285 Å². The molecule has 0 unspecified atom stereocenters. The molecule has 15 rings (SSSR count). The minimum absolute atomic E-state index is 0.166. The highest BCUT2D eigenvalue weighted by Crippen LogP contribution is 2.48. The van der Waals surface area contributed by atoms with Gasteiger partial charge in [0.05, 0.1) is 0 Å². The van der Waals surface area contributed by atoms with E-state index in [9.17, 15) is 0 Å². The molecule has 0 fully saturated rings. The molecule has 4 nitrogen and oxygen atoms in total. The molecule has 0 spiro atoms. The van der Waals surface area contributed by atoms with Gasteiger partial charge in [0.1, 0.15) is 23.0 Å². The Morgan fingerprint density at radius 1 is 0.260 bits per heavy atom. The first-order chi connectivity index (χ1) is 38.2. The van der Waals surface area contributed by atoms with Crippen LogP contribution in [0.1, 0.15) is 0 Å². The first kappa shape index (κ1) is 44.4. The van der Waals surface area contributed by atoms with Crippen LogP contribution < -0.4 is 35.7 Å². The summed E-state index contributed by atoms with van der Waals surface area (Å²) >= 11 is 0. The molecule has 0 N–H and O–H groups in total. The number of rotatable bonds is 9. The molecule has 0 bridgehead atoms. The van der Waals surface area contributed by atoms with E-state index in [-0.39, 0.29) is 6.71 Å². The van der Waals surface area contributed by atoms with Crippen molar-refractivity contribution in [3.05, 3.63) is 285 Å². The highest BCUT2D eigenvalue weighted by molar-refractivity contribution is 6.98. The molecule has 13 aromatic rings. The number of nitrogens with zero attached hydrogens (tertiary/aromatic N) is 2. The van der Waals surface area contributed by atoms with Gasteiger partial charge in [-0.2, -0.15) is 0 Å². The largest absolute Gasteiger partial charge is 0.458 e. The van der Waals surface area contributed by atoms with Crippen molar-refractivity contribution in [1.29, 1.82) is 0 Å². The van der Waals surface area contributed by atoms with Crippen LogP contribution in [0, 0.1) is 0 Å². The van der Waals surface area contributed by atoms with Crippen LogP contribution in [0.5, 0.6) is 23.0 Å².